The van der Waals surface area contributed by atoms with Gasteiger partial charge in [-0.3, -0.25) is 0 Å². The van der Waals surface area contributed by atoms with E-state index >= 15 is 0 Å². The van der Waals surface area contributed by atoms with Crippen LogP contribution < -0.4 is 4.90 Å². The summed E-state index contributed by atoms with van der Waals surface area (Å²) in [6, 6.07) is 17.6. The molecular weight excluding hydrogens is 296 g/mol. The van der Waals surface area contributed by atoms with E-state index in [0.29, 0.717) is 10.6 Å². The molecule has 0 radical (unpaired) electrons. The first-order valence-electron chi connectivity index (χ1n) is 7.39. The van der Waals surface area contributed by atoms with Gasteiger partial charge in [0.1, 0.15) is 0 Å². The minimum Gasteiger partial charge on any atom is -0.349 e. The molecule has 1 heterocycles. The van der Waals surface area contributed by atoms with Gasteiger partial charge in [0.05, 0.1) is 17.7 Å². The van der Waals surface area contributed by atoms with Gasteiger partial charge in [-0.15, -0.1) is 0 Å². The van der Waals surface area contributed by atoms with E-state index in [1.165, 1.54) is 0 Å². The number of nitrogens with zero attached hydrogens (tertiary/aromatic N) is 2. The molecular formula is C18H17ClN2O. The van der Waals surface area contributed by atoms with Crippen LogP contribution in [0.3, 0.4) is 0 Å². The number of hydrogen-bond acceptors (Lipinski definition) is 3. The summed E-state index contributed by atoms with van der Waals surface area (Å²) >= 11 is 6.12. The smallest absolute Gasteiger partial charge is 0.157 e. The molecule has 0 aromatic heterocycles. The summed E-state index contributed by atoms with van der Waals surface area (Å²) in [5.41, 5.74) is 2.69. The molecule has 2 aromatic carbocycles. The Morgan fingerprint density at radius 2 is 2.09 bits per heavy atom. The van der Waals surface area contributed by atoms with Gasteiger partial charge in [0.25, 0.3) is 0 Å². The third-order valence-electron chi connectivity index (χ3n) is 3.90. The number of benzene rings is 2. The Kier molecular flexibility index (Phi) is 4.33. The largest absolute Gasteiger partial charge is 0.349 e. The van der Waals surface area contributed by atoms with Crippen LogP contribution in [0.4, 0.5) is 5.69 Å². The lowest BCUT2D eigenvalue weighted by Crippen LogP contribution is -2.24. The zero-order valence-corrected chi connectivity index (χ0v) is 13.1. The summed E-state index contributed by atoms with van der Waals surface area (Å²) in [6.45, 7) is 2.93. The molecule has 3 nitrogen and oxygen atoms in total. The third kappa shape index (κ3) is 2.94. The Balaban J connectivity index is 1.97. The van der Waals surface area contributed by atoms with E-state index in [1.54, 1.807) is 0 Å². The van der Waals surface area contributed by atoms with Crippen LogP contribution in [0.5, 0.6) is 0 Å². The Hall–Kier alpha value is -2.02. The van der Waals surface area contributed by atoms with Crippen LogP contribution >= 0.6 is 11.6 Å². The maximum Gasteiger partial charge on any atom is 0.157 e. The molecule has 4 heteroatoms. The van der Waals surface area contributed by atoms with Crippen molar-refractivity contribution < 1.29 is 4.74 Å². The van der Waals surface area contributed by atoms with Crippen molar-refractivity contribution in [2.45, 2.75) is 25.7 Å². The molecule has 1 aliphatic rings. The highest BCUT2D eigenvalue weighted by molar-refractivity contribution is 6.30. The molecule has 0 aliphatic carbocycles. The second-order valence-electron chi connectivity index (χ2n) is 5.39. The second-order valence-corrected chi connectivity index (χ2v) is 5.82. The highest BCUT2D eigenvalue weighted by atomic mass is 35.5. The van der Waals surface area contributed by atoms with Crippen molar-refractivity contribution in [3.8, 4) is 6.07 Å². The molecule has 1 saturated heterocycles. The highest BCUT2D eigenvalue weighted by Crippen LogP contribution is 2.36. The summed E-state index contributed by atoms with van der Waals surface area (Å²) in [4.78, 5) is 2.20. The first kappa shape index (κ1) is 14.9. The van der Waals surface area contributed by atoms with Crippen LogP contribution in [0.1, 0.15) is 30.7 Å². The van der Waals surface area contributed by atoms with E-state index in [1.807, 2.05) is 48.5 Å². The summed E-state index contributed by atoms with van der Waals surface area (Å²) in [5, 5.41) is 9.81. The minimum absolute atomic E-state index is 0.169. The van der Waals surface area contributed by atoms with E-state index in [-0.39, 0.29) is 12.3 Å². The Bertz CT molecular complexity index is 710. The lowest BCUT2D eigenvalue weighted by Gasteiger charge is -2.25. The fourth-order valence-electron chi connectivity index (χ4n) is 2.75. The lowest BCUT2D eigenvalue weighted by molar-refractivity contribution is 0.0463. The number of hydrogen-bond donors (Lipinski definition) is 0. The van der Waals surface area contributed by atoms with E-state index in [0.717, 1.165) is 24.2 Å². The highest BCUT2D eigenvalue weighted by Gasteiger charge is 2.33. The number of rotatable bonds is 3. The number of anilines is 1. The van der Waals surface area contributed by atoms with Crippen molar-refractivity contribution in [3.63, 3.8) is 0 Å². The van der Waals surface area contributed by atoms with Crippen LogP contribution in [0.2, 0.25) is 5.02 Å². The topological polar surface area (TPSA) is 36.3 Å². The predicted octanol–water partition coefficient (Wildman–Crippen LogP) is 4.53. The maximum absolute atomic E-state index is 9.11. The first-order chi connectivity index (χ1) is 10.7. The minimum atomic E-state index is -0.169. The van der Waals surface area contributed by atoms with Crippen LogP contribution in [0, 0.1) is 11.3 Å². The zero-order valence-electron chi connectivity index (χ0n) is 12.4. The molecule has 0 bridgehead atoms. The van der Waals surface area contributed by atoms with Crippen LogP contribution in [-0.4, -0.2) is 12.6 Å². The van der Waals surface area contributed by atoms with Crippen molar-refractivity contribution in [3.05, 3.63) is 64.7 Å². The quantitative estimate of drug-likeness (QED) is 0.835. The van der Waals surface area contributed by atoms with E-state index < -0.39 is 0 Å². The second kappa shape index (κ2) is 6.39. The standard InChI is InChI=1S/C18H17ClN2O/c1-2-17-12-21(16-8-3-5-13(9-16)11-20)18(22-17)14-6-4-7-15(19)10-14/h3-10,17-18H,2,12H2,1H3. The van der Waals surface area contributed by atoms with Crippen LogP contribution in [0.25, 0.3) is 0 Å². The van der Waals surface area contributed by atoms with Crippen molar-refractivity contribution >= 4 is 17.3 Å². The molecule has 3 rings (SSSR count). The molecule has 22 heavy (non-hydrogen) atoms. The van der Waals surface area contributed by atoms with Crippen molar-refractivity contribution in [2.75, 3.05) is 11.4 Å². The van der Waals surface area contributed by atoms with Crippen LogP contribution in [-0.2, 0) is 4.74 Å². The van der Waals surface area contributed by atoms with Gasteiger partial charge in [-0.1, -0.05) is 36.7 Å². The Labute approximate surface area is 135 Å². The fourth-order valence-corrected chi connectivity index (χ4v) is 2.95. The van der Waals surface area contributed by atoms with Gasteiger partial charge in [0, 0.05) is 22.8 Å². The van der Waals surface area contributed by atoms with Gasteiger partial charge in [-0.2, -0.15) is 5.26 Å². The third-order valence-corrected chi connectivity index (χ3v) is 4.14. The molecule has 1 aliphatic heterocycles. The molecule has 0 saturated carbocycles. The van der Waals surface area contributed by atoms with E-state index in [4.69, 9.17) is 21.6 Å². The molecule has 1 fully saturated rings. The van der Waals surface area contributed by atoms with Gasteiger partial charge < -0.3 is 9.64 Å². The average Bonchev–Trinajstić information content (AvgIpc) is 2.99. The summed E-state index contributed by atoms with van der Waals surface area (Å²) in [7, 11) is 0. The molecule has 0 amide bonds. The van der Waals surface area contributed by atoms with Crippen molar-refractivity contribution in [1.82, 2.24) is 0 Å². The Morgan fingerprint density at radius 3 is 2.82 bits per heavy atom. The summed E-state index contributed by atoms with van der Waals surface area (Å²) < 4.78 is 6.18. The molecule has 2 atom stereocenters. The fraction of sp³-hybridized carbons (Fsp3) is 0.278. The van der Waals surface area contributed by atoms with Crippen molar-refractivity contribution in [2.24, 2.45) is 0 Å². The molecule has 2 unspecified atom stereocenters. The van der Waals surface area contributed by atoms with Gasteiger partial charge in [-0.05, 0) is 36.8 Å². The van der Waals surface area contributed by atoms with Gasteiger partial charge in [-0.25, -0.2) is 0 Å². The van der Waals surface area contributed by atoms with Gasteiger partial charge in [0.2, 0.25) is 0 Å². The number of nitriles is 1. The monoisotopic (exact) mass is 312 g/mol. The number of ether oxygens (including phenoxy) is 1. The Morgan fingerprint density at radius 1 is 1.27 bits per heavy atom. The molecule has 0 spiro atoms. The van der Waals surface area contributed by atoms with Gasteiger partial charge >= 0.3 is 0 Å². The summed E-state index contributed by atoms with van der Waals surface area (Å²) in [6.07, 6.45) is 0.957. The SMILES string of the molecule is CCC1CN(c2cccc(C#N)c2)C(c2cccc(Cl)c2)O1. The lowest BCUT2D eigenvalue weighted by atomic mass is 10.1. The maximum atomic E-state index is 9.11. The molecule has 0 N–H and O–H groups in total. The van der Waals surface area contributed by atoms with Gasteiger partial charge in [0.15, 0.2) is 6.23 Å². The zero-order chi connectivity index (χ0) is 15.5. The van der Waals surface area contributed by atoms with E-state index in [9.17, 15) is 0 Å². The van der Waals surface area contributed by atoms with Crippen LogP contribution in [0.15, 0.2) is 48.5 Å². The van der Waals surface area contributed by atoms with E-state index in [2.05, 4.69) is 17.9 Å². The summed E-state index contributed by atoms with van der Waals surface area (Å²) in [5.74, 6) is 0. The predicted molar refractivity (Wildman–Crippen MR) is 87.9 cm³/mol. The van der Waals surface area contributed by atoms with Crippen molar-refractivity contribution in [1.29, 1.82) is 5.26 Å². The average molecular weight is 313 g/mol. The molecule has 2 aromatic rings. The first-order valence-corrected chi connectivity index (χ1v) is 7.77. The molecule has 112 valence electrons. The number of halogens is 1. The normalized spacial score (nSPS) is 20.9.